The van der Waals surface area contributed by atoms with E-state index in [0.717, 1.165) is 11.1 Å². The molecule has 4 rings (SSSR count). The number of aliphatic hydroxyl groups excluding tert-OH is 1. The van der Waals surface area contributed by atoms with Gasteiger partial charge in [0.25, 0.3) is 11.7 Å². The fourth-order valence-corrected chi connectivity index (χ4v) is 4.15. The highest BCUT2D eigenvalue weighted by atomic mass is 16.5. The van der Waals surface area contributed by atoms with Crippen molar-refractivity contribution in [1.82, 2.24) is 4.98 Å². The normalized spacial score (nSPS) is 17.8. The van der Waals surface area contributed by atoms with E-state index >= 15 is 0 Å². The molecule has 0 saturated carbocycles. The number of rotatable bonds is 4. The Hall–Kier alpha value is -3.93. The first-order valence-corrected chi connectivity index (χ1v) is 11.1. The molecule has 0 aliphatic carbocycles. The largest absolute Gasteiger partial charge is 0.507 e. The van der Waals surface area contributed by atoms with E-state index in [1.54, 1.807) is 55.8 Å². The Morgan fingerprint density at radius 3 is 2.32 bits per heavy atom. The van der Waals surface area contributed by atoms with Crippen LogP contribution in [0.2, 0.25) is 0 Å². The van der Waals surface area contributed by atoms with Gasteiger partial charge in [-0.2, -0.15) is 0 Å². The maximum atomic E-state index is 13.3. The van der Waals surface area contributed by atoms with Crippen molar-refractivity contribution >= 4 is 23.1 Å². The molecule has 2 heterocycles. The highest BCUT2D eigenvalue weighted by molar-refractivity contribution is 6.51. The van der Waals surface area contributed by atoms with Crippen molar-refractivity contribution in [3.05, 3.63) is 94.8 Å². The molecule has 3 aromatic rings. The van der Waals surface area contributed by atoms with Crippen LogP contribution in [0.25, 0.3) is 5.76 Å². The molecule has 174 valence electrons. The molecule has 0 spiro atoms. The summed E-state index contributed by atoms with van der Waals surface area (Å²) >= 11 is 0. The van der Waals surface area contributed by atoms with Gasteiger partial charge in [0.2, 0.25) is 0 Å². The summed E-state index contributed by atoms with van der Waals surface area (Å²) < 4.78 is 5.23. The van der Waals surface area contributed by atoms with Gasteiger partial charge in [0.05, 0.1) is 18.4 Å². The zero-order valence-electron chi connectivity index (χ0n) is 20.0. The third-order valence-electron chi connectivity index (χ3n) is 6.12. The zero-order chi connectivity index (χ0) is 24.6. The van der Waals surface area contributed by atoms with E-state index in [1.165, 1.54) is 4.90 Å². The molecule has 1 N–H and O–H groups in total. The molecule has 1 aliphatic rings. The van der Waals surface area contributed by atoms with Gasteiger partial charge in [-0.05, 0) is 65.9 Å². The first-order chi connectivity index (χ1) is 16.1. The van der Waals surface area contributed by atoms with Gasteiger partial charge in [-0.15, -0.1) is 0 Å². The summed E-state index contributed by atoms with van der Waals surface area (Å²) in [5.74, 6) is -1.03. The van der Waals surface area contributed by atoms with Crippen molar-refractivity contribution in [2.75, 3.05) is 12.0 Å². The SMILES string of the molecule is COc1ccc(N2C(=O)C(=O)/C(=C(/O)c3cc(C(C)(C)C)ccc3C)C2c2ccccn2)cc1. The number of nitrogens with zero attached hydrogens (tertiary/aromatic N) is 2. The van der Waals surface area contributed by atoms with Crippen LogP contribution in [-0.2, 0) is 15.0 Å². The van der Waals surface area contributed by atoms with Crippen LogP contribution >= 0.6 is 0 Å². The van der Waals surface area contributed by atoms with Crippen LogP contribution in [0.4, 0.5) is 5.69 Å². The van der Waals surface area contributed by atoms with E-state index in [0.29, 0.717) is 22.7 Å². The molecule has 1 aromatic heterocycles. The van der Waals surface area contributed by atoms with E-state index in [1.807, 2.05) is 25.1 Å². The third kappa shape index (κ3) is 4.07. The lowest BCUT2D eigenvalue weighted by atomic mass is 9.84. The number of pyridine rings is 1. The van der Waals surface area contributed by atoms with Gasteiger partial charge in [0.1, 0.15) is 17.6 Å². The van der Waals surface area contributed by atoms with E-state index in [4.69, 9.17) is 4.74 Å². The molecule has 1 atom stereocenters. The predicted molar refractivity (Wildman–Crippen MR) is 132 cm³/mol. The fraction of sp³-hybridized carbons (Fsp3) is 0.250. The number of aromatic nitrogens is 1. The van der Waals surface area contributed by atoms with Crippen LogP contribution < -0.4 is 9.64 Å². The fourth-order valence-electron chi connectivity index (χ4n) is 4.15. The van der Waals surface area contributed by atoms with Crippen LogP contribution in [0.15, 0.2) is 72.4 Å². The molecule has 6 heteroatoms. The van der Waals surface area contributed by atoms with E-state index in [9.17, 15) is 14.7 Å². The van der Waals surface area contributed by atoms with E-state index in [-0.39, 0.29) is 16.7 Å². The van der Waals surface area contributed by atoms with Gasteiger partial charge < -0.3 is 9.84 Å². The number of aliphatic hydroxyl groups is 1. The summed E-state index contributed by atoms with van der Waals surface area (Å²) in [5.41, 5.74) is 3.22. The number of aryl methyl sites for hydroxylation is 1. The van der Waals surface area contributed by atoms with Gasteiger partial charge >= 0.3 is 0 Å². The molecular formula is C28H28N2O4. The van der Waals surface area contributed by atoms with Gasteiger partial charge in [-0.1, -0.05) is 39.0 Å². The molecule has 1 unspecified atom stereocenters. The average molecular weight is 457 g/mol. The molecular weight excluding hydrogens is 428 g/mol. The van der Waals surface area contributed by atoms with E-state index in [2.05, 4.69) is 25.8 Å². The summed E-state index contributed by atoms with van der Waals surface area (Å²) in [5, 5.41) is 11.5. The number of carbonyl (C=O) groups excluding carboxylic acids is 2. The minimum Gasteiger partial charge on any atom is -0.507 e. The maximum absolute atomic E-state index is 13.3. The standard InChI is InChI=1S/C28H28N2O4/c1-17-9-10-18(28(2,3)4)16-21(17)25(31)23-24(22-8-6-7-15-29-22)30(27(33)26(23)32)19-11-13-20(34-5)14-12-19/h6-16,24,31H,1-5H3/b25-23+. The summed E-state index contributed by atoms with van der Waals surface area (Å²) in [6.07, 6.45) is 1.61. The summed E-state index contributed by atoms with van der Waals surface area (Å²) in [6, 6.07) is 17.1. The van der Waals surface area contributed by atoms with Crippen molar-refractivity contribution in [3.63, 3.8) is 0 Å². The topological polar surface area (TPSA) is 79.7 Å². The second-order valence-electron chi connectivity index (χ2n) is 9.40. The first kappa shape index (κ1) is 23.2. The molecule has 2 aromatic carbocycles. The van der Waals surface area contributed by atoms with Gasteiger partial charge in [0.15, 0.2) is 0 Å². The number of ketones is 1. The van der Waals surface area contributed by atoms with Crippen molar-refractivity contribution in [3.8, 4) is 5.75 Å². The quantitative estimate of drug-likeness (QED) is 0.326. The molecule has 34 heavy (non-hydrogen) atoms. The average Bonchev–Trinajstić information content (AvgIpc) is 3.09. The van der Waals surface area contributed by atoms with Crippen LogP contribution in [0.5, 0.6) is 5.75 Å². The maximum Gasteiger partial charge on any atom is 0.300 e. The first-order valence-electron chi connectivity index (χ1n) is 11.1. The molecule has 1 fully saturated rings. The van der Waals surface area contributed by atoms with Crippen LogP contribution in [0.3, 0.4) is 0 Å². The number of anilines is 1. The zero-order valence-corrected chi connectivity index (χ0v) is 20.0. The van der Waals surface area contributed by atoms with E-state index < -0.39 is 17.7 Å². The smallest absolute Gasteiger partial charge is 0.300 e. The summed E-state index contributed by atoms with van der Waals surface area (Å²) in [7, 11) is 1.56. The molecule has 1 amide bonds. The number of hydrogen-bond acceptors (Lipinski definition) is 5. The number of amides is 1. The Bertz CT molecular complexity index is 1270. The predicted octanol–water partition coefficient (Wildman–Crippen LogP) is 5.32. The third-order valence-corrected chi connectivity index (χ3v) is 6.12. The van der Waals surface area contributed by atoms with Crippen LogP contribution in [0, 0.1) is 6.92 Å². The van der Waals surface area contributed by atoms with Crippen molar-refractivity contribution in [2.45, 2.75) is 39.2 Å². The Kier molecular flexibility index (Phi) is 6.00. The number of Topliss-reactive ketones (excluding diaryl/α,β-unsaturated/α-hetero) is 1. The minimum atomic E-state index is -0.868. The van der Waals surface area contributed by atoms with Gasteiger partial charge in [-0.25, -0.2) is 0 Å². The van der Waals surface area contributed by atoms with Crippen LogP contribution in [0.1, 0.15) is 49.2 Å². The van der Waals surface area contributed by atoms with Gasteiger partial charge in [0, 0.05) is 17.4 Å². The molecule has 0 radical (unpaired) electrons. The summed E-state index contributed by atoms with van der Waals surface area (Å²) in [4.78, 5) is 32.4. The Balaban J connectivity index is 1.94. The molecule has 1 aliphatic heterocycles. The van der Waals surface area contributed by atoms with Crippen LogP contribution in [-0.4, -0.2) is 28.9 Å². The Morgan fingerprint density at radius 1 is 1.03 bits per heavy atom. The lowest BCUT2D eigenvalue weighted by Gasteiger charge is -2.25. The highest BCUT2D eigenvalue weighted by Crippen LogP contribution is 2.42. The monoisotopic (exact) mass is 456 g/mol. The molecule has 1 saturated heterocycles. The van der Waals surface area contributed by atoms with Crippen molar-refractivity contribution in [1.29, 1.82) is 0 Å². The number of ether oxygens (including phenoxy) is 1. The lowest BCUT2D eigenvalue weighted by molar-refractivity contribution is -0.132. The number of hydrogen-bond donors (Lipinski definition) is 1. The van der Waals surface area contributed by atoms with Crippen molar-refractivity contribution < 1.29 is 19.4 Å². The lowest BCUT2D eigenvalue weighted by Crippen LogP contribution is -2.29. The molecule has 0 bridgehead atoms. The minimum absolute atomic E-state index is 0.0219. The Morgan fingerprint density at radius 2 is 1.74 bits per heavy atom. The second kappa shape index (κ2) is 8.78. The molecule has 6 nitrogen and oxygen atoms in total. The van der Waals surface area contributed by atoms with Crippen molar-refractivity contribution in [2.24, 2.45) is 0 Å². The summed E-state index contributed by atoms with van der Waals surface area (Å²) in [6.45, 7) is 8.12. The second-order valence-corrected chi connectivity index (χ2v) is 9.40. The number of carbonyl (C=O) groups is 2. The Labute approximate surface area is 199 Å². The number of methoxy groups -OCH3 is 1. The number of benzene rings is 2. The van der Waals surface area contributed by atoms with Gasteiger partial charge in [-0.3, -0.25) is 19.5 Å². The highest BCUT2D eigenvalue weighted by Gasteiger charge is 2.47.